The van der Waals surface area contributed by atoms with Gasteiger partial charge in [-0.15, -0.1) is 0 Å². The summed E-state index contributed by atoms with van der Waals surface area (Å²) >= 11 is 13.0. The molecule has 2 heterocycles. The summed E-state index contributed by atoms with van der Waals surface area (Å²) in [5, 5.41) is 5.05. The Hall–Kier alpha value is -1.95. The fourth-order valence-corrected chi connectivity index (χ4v) is 6.03. The molecule has 0 saturated carbocycles. The van der Waals surface area contributed by atoms with Crippen molar-refractivity contribution in [2.45, 2.75) is 45.6 Å². The standard InChI is InChI=1S/C27H36Cl2N4O/c1-18-3-5-23(25(29)15-18)19(2)31-26-16-22(4-6-24(26)28)33-13-8-20(9-14-33)21-7-11-32(17-21)12-10-27(30)34/h3-6,15-16,19-21,31H,7-14,17H2,1-2H3,(H2,30,34)/t19-,21?/m1/s1. The summed E-state index contributed by atoms with van der Waals surface area (Å²) in [4.78, 5) is 16.0. The Morgan fingerprint density at radius 2 is 1.79 bits per heavy atom. The lowest BCUT2D eigenvalue weighted by Gasteiger charge is -2.36. The van der Waals surface area contributed by atoms with E-state index in [1.54, 1.807) is 0 Å². The third-order valence-corrected chi connectivity index (χ3v) is 8.16. The van der Waals surface area contributed by atoms with Crippen molar-refractivity contribution in [2.24, 2.45) is 17.6 Å². The summed E-state index contributed by atoms with van der Waals surface area (Å²) in [6.45, 7) is 9.27. The molecule has 184 valence electrons. The van der Waals surface area contributed by atoms with Gasteiger partial charge in [-0.2, -0.15) is 0 Å². The summed E-state index contributed by atoms with van der Waals surface area (Å²) in [5.41, 5.74) is 9.68. The highest BCUT2D eigenvalue weighted by Gasteiger charge is 2.32. The van der Waals surface area contributed by atoms with E-state index >= 15 is 0 Å². The van der Waals surface area contributed by atoms with Gasteiger partial charge in [-0.1, -0.05) is 35.3 Å². The van der Waals surface area contributed by atoms with E-state index in [2.05, 4.69) is 46.3 Å². The lowest BCUT2D eigenvalue weighted by atomic mass is 9.83. The van der Waals surface area contributed by atoms with E-state index in [0.29, 0.717) is 6.42 Å². The highest BCUT2D eigenvalue weighted by atomic mass is 35.5. The van der Waals surface area contributed by atoms with Crippen LogP contribution >= 0.6 is 23.2 Å². The monoisotopic (exact) mass is 502 g/mol. The number of hydrogen-bond acceptors (Lipinski definition) is 4. The van der Waals surface area contributed by atoms with Crippen LogP contribution in [0.2, 0.25) is 10.0 Å². The number of amides is 1. The molecule has 5 nitrogen and oxygen atoms in total. The first-order valence-corrected chi connectivity index (χ1v) is 13.1. The van der Waals surface area contributed by atoms with Crippen LogP contribution in [0.5, 0.6) is 0 Å². The average Bonchev–Trinajstić information content (AvgIpc) is 3.28. The van der Waals surface area contributed by atoms with E-state index in [4.69, 9.17) is 28.9 Å². The zero-order valence-corrected chi connectivity index (χ0v) is 21.7. The molecule has 2 saturated heterocycles. The molecule has 0 spiro atoms. The second-order valence-electron chi connectivity index (χ2n) is 9.95. The predicted octanol–water partition coefficient (Wildman–Crippen LogP) is 5.89. The number of anilines is 2. The van der Waals surface area contributed by atoms with Crippen LogP contribution in [0.15, 0.2) is 36.4 Å². The van der Waals surface area contributed by atoms with E-state index in [1.807, 2.05) is 19.1 Å². The van der Waals surface area contributed by atoms with Gasteiger partial charge in [0, 0.05) is 43.3 Å². The zero-order chi connectivity index (χ0) is 24.2. The molecular weight excluding hydrogens is 467 g/mol. The van der Waals surface area contributed by atoms with Crippen molar-refractivity contribution in [3.8, 4) is 0 Å². The third-order valence-electron chi connectivity index (χ3n) is 7.50. The minimum absolute atomic E-state index is 0.0477. The lowest BCUT2D eigenvalue weighted by molar-refractivity contribution is -0.118. The maximum Gasteiger partial charge on any atom is 0.218 e. The molecular formula is C27H36Cl2N4O. The minimum Gasteiger partial charge on any atom is -0.377 e. The van der Waals surface area contributed by atoms with E-state index in [0.717, 1.165) is 71.4 Å². The van der Waals surface area contributed by atoms with E-state index in [-0.39, 0.29) is 11.9 Å². The van der Waals surface area contributed by atoms with Crippen molar-refractivity contribution in [1.82, 2.24) is 4.90 Å². The van der Waals surface area contributed by atoms with Crippen molar-refractivity contribution in [3.05, 3.63) is 57.6 Å². The van der Waals surface area contributed by atoms with Crippen LogP contribution in [0.4, 0.5) is 11.4 Å². The van der Waals surface area contributed by atoms with Crippen molar-refractivity contribution in [2.75, 3.05) is 42.9 Å². The molecule has 2 aromatic carbocycles. The summed E-state index contributed by atoms with van der Waals surface area (Å²) in [6, 6.07) is 12.5. The number of nitrogens with one attached hydrogen (secondary N) is 1. The number of rotatable bonds is 8. The normalized spacial score (nSPS) is 20.5. The minimum atomic E-state index is -0.204. The molecule has 1 amide bonds. The second-order valence-corrected chi connectivity index (χ2v) is 10.8. The number of piperidine rings is 1. The van der Waals surface area contributed by atoms with Gasteiger partial charge < -0.3 is 20.9 Å². The Morgan fingerprint density at radius 3 is 2.50 bits per heavy atom. The van der Waals surface area contributed by atoms with Crippen LogP contribution in [0.25, 0.3) is 0 Å². The van der Waals surface area contributed by atoms with Crippen LogP contribution in [0, 0.1) is 18.8 Å². The zero-order valence-electron chi connectivity index (χ0n) is 20.2. The van der Waals surface area contributed by atoms with Gasteiger partial charge in [0.25, 0.3) is 0 Å². The number of benzene rings is 2. The molecule has 0 radical (unpaired) electrons. The van der Waals surface area contributed by atoms with Crippen LogP contribution < -0.4 is 16.0 Å². The highest BCUT2D eigenvalue weighted by Crippen LogP contribution is 2.36. The van der Waals surface area contributed by atoms with Gasteiger partial charge in [-0.25, -0.2) is 0 Å². The maximum atomic E-state index is 11.1. The molecule has 2 atom stereocenters. The summed E-state index contributed by atoms with van der Waals surface area (Å²) in [7, 11) is 0. The smallest absolute Gasteiger partial charge is 0.218 e. The van der Waals surface area contributed by atoms with Crippen LogP contribution in [-0.2, 0) is 4.79 Å². The Kier molecular flexibility index (Phi) is 8.28. The molecule has 0 aromatic heterocycles. The predicted molar refractivity (Wildman–Crippen MR) is 143 cm³/mol. The Balaban J connectivity index is 1.34. The second kappa shape index (κ2) is 11.2. The average molecular weight is 504 g/mol. The SMILES string of the molecule is Cc1ccc([C@@H](C)Nc2cc(N3CCC(C4CCN(CCC(N)=O)C4)CC3)ccc2Cl)c(Cl)c1. The highest BCUT2D eigenvalue weighted by molar-refractivity contribution is 6.33. The molecule has 0 bridgehead atoms. The maximum absolute atomic E-state index is 11.1. The van der Waals surface area contributed by atoms with Gasteiger partial charge in [0.1, 0.15) is 0 Å². The molecule has 34 heavy (non-hydrogen) atoms. The molecule has 7 heteroatoms. The van der Waals surface area contributed by atoms with Crippen molar-refractivity contribution in [1.29, 1.82) is 0 Å². The fraction of sp³-hybridized carbons (Fsp3) is 0.519. The first kappa shape index (κ1) is 25.2. The van der Waals surface area contributed by atoms with Crippen LogP contribution in [0.3, 0.4) is 0 Å². The summed E-state index contributed by atoms with van der Waals surface area (Å²) in [5.74, 6) is 1.28. The fourth-order valence-electron chi connectivity index (χ4n) is 5.46. The molecule has 2 aliphatic rings. The largest absolute Gasteiger partial charge is 0.377 e. The van der Waals surface area contributed by atoms with E-state index < -0.39 is 0 Å². The van der Waals surface area contributed by atoms with Gasteiger partial charge in [-0.3, -0.25) is 4.79 Å². The number of nitrogens with two attached hydrogens (primary N) is 1. The van der Waals surface area contributed by atoms with Crippen molar-refractivity contribution < 1.29 is 4.79 Å². The van der Waals surface area contributed by atoms with Crippen molar-refractivity contribution >= 4 is 40.5 Å². The number of likely N-dealkylation sites (tertiary alicyclic amines) is 1. The van der Waals surface area contributed by atoms with Crippen LogP contribution in [-0.4, -0.2) is 43.5 Å². The topological polar surface area (TPSA) is 61.6 Å². The summed E-state index contributed by atoms with van der Waals surface area (Å²) in [6.07, 6.45) is 4.11. The number of halogens is 2. The quantitative estimate of drug-likeness (QED) is 0.472. The molecule has 4 rings (SSSR count). The van der Waals surface area contributed by atoms with Gasteiger partial charge in [0.2, 0.25) is 5.91 Å². The number of nitrogens with zero attached hydrogens (tertiary/aromatic N) is 2. The van der Waals surface area contributed by atoms with Gasteiger partial charge in [0.15, 0.2) is 0 Å². The number of carbonyl (C=O) groups is 1. The first-order valence-electron chi connectivity index (χ1n) is 12.4. The van der Waals surface area contributed by atoms with E-state index in [9.17, 15) is 4.79 Å². The lowest BCUT2D eigenvalue weighted by Crippen LogP contribution is -2.37. The Bertz CT molecular complexity index is 1010. The Labute approximate surface area is 213 Å². The number of hydrogen-bond donors (Lipinski definition) is 2. The molecule has 3 N–H and O–H groups in total. The molecule has 0 aliphatic carbocycles. The number of aryl methyl sites for hydroxylation is 1. The Morgan fingerprint density at radius 1 is 1.06 bits per heavy atom. The van der Waals surface area contributed by atoms with E-state index in [1.165, 1.54) is 24.9 Å². The summed E-state index contributed by atoms with van der Waals surface area (Å²) < 4.78 is 0. The third kappa shape index (κ3) is 6.18. The van der Waals surface area contributed by atoms with Gasteiger partial charge in [-0.05, 0) is 86.9 Å². The number of primary amides is 1. The first-order chi connectivity index (χ1) is 16.3. The number of carbonyl (C=O) groups excluding carboxylic acids is 1. The van der Waals surface area contributed by atoms with Crippen molar-refractivity contribution in [3.63, 3.8) is 0 Å². The molecule has 2 fully saturated rings. The van der Waals surface area contributed by atoms with Gasteiger partial charge in [0.05, 0.1) is 16.8 Å². The molecule has 1 unspecified atom stereocenters. The molecule has 2 aliphatic heterocycles. The van der Waals surface area contributed by atoms with Gasteiger partial charge >= 0.3 is 0 Å². The molecule has 2 aromatic rings. The van der Waals surface area contributed by atoms with Crippen LogP contribution in [0.1, 0.15) is 49.8 Å².